The number of carbonyl (C=O) groups is 2. The highest BCUT2D eigenvalue weighted by atomic mass is 16.5. The molecule has 1 aliphatic rings. The van der Waals surface area contributed by atoms with Gasteiger partial charge in [-0.15, -0.1) is 0 Å². The third-order valence-corrected chi connectivity index (χ3v) is 3.52. The lowest BCUT2D eigenvalue weighted by molar-refractivity contribution is -0.139. The van der Waals surface area contributed by atoms with Crippen molar-refractivity contribution in [1.82, 2.24) is 0 Å². The number of methoxy groups -OCH3 is 1. The van der Waals surface area contributed by atoms with Gasteiger partial charge in [0.15, 0.2) is 0 Å². The molecular formula is C15H19NO3. The van der Waals surface area contributed by atoms with Crippen LogP contribution >= 0.6 is 0 Å². The van der Waals surface area contributed by atoms with E-state index < -0.39 is 0 Å². The predicted octanol–water partition coefficient (Wildman–Crippen LogP) is 2.53. The molecule has 1 aromatic carbocycles. The molecule has 0 heterocycles. The summed E-state index contributed by atoms with van der Waals surface area (Å²) in [5, 5.41) is 2.92. The summed E-state index contributed by atoms with van der Waals surface area (Å²) in [5.74, 6) is 0.00991. The standard InChI is InChI=1S/C15H19NO3/c1-19-14(17)10-11-6-8-13(9-7-11)16-15(18)12-4-2-3-5-12/h6-9,12H,2-5,10H2,1H3,(H,16,18). The Morgan fingerprint density at radius 3 is 2.42 bits per heavy atom. The lowest BCUT2D eigenvalue weighted by Gasteiger charge is -2.10. The molecule has 1 aliphatic carbocycles. The summed E-state index contributed by atoms with van der Waals surface area (Å²) in [6, 6.07) is 7.32. The summed E-state index contributed by atoms with van der Waals surface area (Å²) in [6.07, 6.45) is 4.54. The number of ether oxygens (including phenoxy) is 1. The molecule has 1 fully saturated rings. The second-order valence-corrected chi connectivity index (χ2v) is 4.92. The number of hydrogen-bond donors (Lipinski definition) is 1. The molecule has 102 valence electrons. The summed E-state index contributed by atoms with van der Waals surface area (Å²) >= 11 is 0. The van der Waals surface area contributed by atoms with E-state index in [1.807, 2.05) is 24.3 Å². The van der Waals surface area contributed by atoms with Crippen molar-refractivity contribution in [2.45, 2.75) is 32.1 Å². The summed E-state index contributed by atoms with van der Waals surface area (Å²) in [6.45, 7) is 0. The average Bonchev–Trinajstić information content (AvgIpc) is 2.95. The van der Waals surface area contributed by atoms with Crippen molar-refractivity contribution >= 4 is 17.6 Å². The van der Waals surface area contributed by atoms with Crippen molar-refractivity contribution in [3.63, 3.8) is 0 Å². The SMILES string of the molecule is COC(=O)Cc1ccc(NC(=O)C2CCCC2)cc1. The first kappa shape index (κ1) is 13.6. The van der Waals surface area contributed by atoms with Gasteiger partial charge in [-0.25, -0.2) is 0 Å². The third kappa shape index (κ3) is 3.81. The number of rotatable bonds is 4. The van der Waals surface area contributed by atoms with E-state index >= 15 is 0 Å². The zero-order chi connectivity index (χ0) is 13.7. The minimum atomic E-state index is -0.261. The molecule has 0 radical (unpaired) electrons. The minimum absolute atomic E-state index is 0.109. The molecule has 1 N–H and O–H groups in total. The molecule has 0 unspecified atom stereocenters. The number of carbonyl (C=O) groups excluding carboxylic acids is 2. The van der Waals surface area contributed by atoms with Crippen LogP contribution in [0.15, 0.2) is 24.3 Å². The molecule has 4 heteroatoms. The Balaban J connectivity index is 1.91. The monoisotopic (exact) mass is 261 g/mol. The fourth-order valence-electron chi connectivity index (χ4n) is 2.38. The number of esters is 1. The first-order chi connectivity index (χ1) is 9.19. The molecule has 0 spiro atoms. The summed E-state index contributed by atoms with van der Waals surface area (Å²) < 4.78 is 4.61. The van der Waals surface area contributed by atoms with Gasteiger partial charge < -0.3 is 10.1 Å². The normalized spacial score (nSPS) is 15.2. The second-order valence-electron chi connectivity index (χ2n) is 4.92. The lowest BCUT2D eigenvalue weighted by Crippen LogP contribution is -2.20. The minimum Gasteiger partial charge on any atom is -0.469 e. The van der Waals surface area contributed by atoms with Crippen LogP contribution < -0.4 is 5.32 Å². The van der Waals surface area contributed by atoms with Crippen molar-refractivity contribution in [3.8, 4) is 0 Å². The van der Waals surface area contributed by atoms with Gasteiger partial charge in [0.25, 0.3) is 0 Å². The maximum Gasteiger partial charge on any atom is 0.309 e. The topological polar surface area (TPSA) is 55.4 Å². The molecule has 0 atom stereocenters. The van der Waals surface area contributed by atoms with Crippen LogP contribution in [-0.2, 0) is 20.7 Å². The highest BCUT2D eigenvalue weighted by Crippen LogP contribution is 2.26. The Morgan fingerprint density at radius 2 is 1.84 bits per heavy atom. The highest BCUT2D eigenvalue weighted by molar-refractivity contribution is 5.92. The molecule has 2 rings (SSSR count). The Bertz CT molecular complexity index is 447. The van der Waals surface area contributed by atoms with Crippen molar-refractivity contribution in [2.24, 2.45) is 5.92 Å². The fraction of sp³-hybridized carbons (Fsp3) is 0.467. The highest BCUT2D eigenvalue weighted by Gasteiger charge is 2.22. The van der Waals surface area contributed by atoms with Crippen LogP contribution in [0.25, 0.3) is 0 Å². The van der Waals surface area contributed by atoms with E-state index in [0.717, 1.165) is 36.9 Å². The van der Waals surface area contributed by atoms with E-state index in [0.29, 0.717) is 0 Å². The third-order valence-electron chi connectivity index (χ3n) is 3.52. The second kappa shape index (κ2) is 6.36. The van der Waals surface area contributed by atoms with Crippen LogP contribution in [0.1, 0.15) is 31.2 Å². The van der Waals surface area contributed by atoms with E-state index in [1.54, 1.807) is 0 Å². The zero-order valence-electron chi connectivity index (χ0n) is 11.1. The Hall–Kier alpha value is -1.84. The summed E-state index contributed by atoms with van der Waals surface area (Å²) in [5.41, 5.74) is 1.66. The van der Waals surface area contributed by atoms with Crippen LogP contribution in [-0.4, -0.2) is 19.0 Å². The van der Waals surface area contributed by atoms with Crippen molar-refractivity contribution in [1.29, 1.82) is 0 Å². The van der Waals surface area contributed by atoms with Crippen LogP contribution in [0.3, 0.4) is 0 Å². The maximum absolute atomic E-state index is 11.9. The van der Waals surface area contributed by atoms with Gasteiger partial charge in [0, 0.05) is 11.6 Å². The van der Waals surface area contributed by atoms with Crippen molar-refractivity contribution in [3.05, 3.63) is 29.8 Å². The molecule has 0 bridgehead atoms. The molecule has 0 aliphatic heterocycles. The zero-order valence-corrected chi connectivity index (χ0v) is 11.1. The quantitative estimate of drug-likeness (QED) is 0.847. The molecule has 0 saturated heterocycles. The molecule has 1 amide bonds. The van der Waals surface area contributed by atoms with Gasteiger partial charge in [-0.1, -0.05) is 25.0 Å². The lowest BCUT2D eigenvalue weighted by atomic mass is 10.1. The fourth-order valence-corrected chi connectivity index (χ4v) is 2.38. The Morgan fingerprint density at radius 1 is 1.21 bits per heavy atom. The molecule has 19 heavy (non-hydrogen) atoms. The van der Waals surface area contributed by atoms with Crippen LogP contribution in [0.5, 0.6) is 0 Å². The van der Waals surface area contributed by atoms with Gasteiger partial charge >= 0.3 is 5.97 Å². The van der Waals surface area contributed by atoms with Crippen molar-refractivity contribution in [2.75, 3.05) is 12.4 Å². The van der Waals surface area contributed by atoms with Crippen LogP contribution in [0.2, 0.25) is 0 Å². The number of hydrogen-bond acceptors (Lipinski definition) is 3. The molecule has 4 nitrogen and oxygen atoms in total. The van der Waals surface area contributed by atoms with Gasteiger partial charge in [0.2, 0.25) is 5.91 Å². The van der Waals surface area contributed by atoms with Crippen molar-refractivity contribution < 1.29 is 14.3 Å². The van der Waals surface area contributed by atoms with Gasteiger partial charge in [0.1, 0.15) is 0 Å². The first-order valence-corrected chi connectivity index (χ1v) is 6.65. The van der Waals surface area contributed by atoms with Gasteiger partial charge in [0.05, 0.1) is 13.5 Å². The van der Waals surface area contributed by atoms with E-state index in [2.05, 4.69) is 10.1 Å². The van der Waals surface area contributed by atoms with Crippen LogP contribution in [0.4, 0.5) is 5.69 Å². The summed E-state index contributed by atoms with van der Waals surface area (Å²) in [7, 11) is 1.37. The number of benzene rings is 1. The van der Waals surface area contributed by atoms with Crippen LogP contribution in [0, 0.1) is 5.92 Å². The molecule has 0 aromatic heterocycles. The van der Waals surface area contributed by atoms with E-state index in [4.69, 9.17) is 0 Å². The largest absolute Gasteiger partial charge is 0.469 e. The average molecular weight is 261 g/mol. The van der Waals surface area contributed by atoms with E-state index in [1.165, 1.54) is 7.11 Å². The van der Waals surface area contributed by atoms with E-state index in [9.17, 15) is 9.59 Å². The molecule has 1 saturated carbocycles. The van der Waals surface area contributed by atoms with Gasteiger partial charge in [-0.05, 0) is 30.5 Å². The number of nitrogens with one attached hydrogen (secondary N) is 1. The van der Waals surface area contributed by atoms with Gasteiger partial charge in [-0.3, -0.25) is 9.59 Å². The molecular weight excluding hydrogens is 242 g/mol. The number of amides is 1. The molecule has 1 aromatic rings. The summed E-state index contributed by atoms with van der Waals surface area (Å²) in [4.78, 5) is 23.1. The first-order valence-electron chi connectivity index (χ1n) is 6.65. The maximum atomic E-state index is 11.9. The Kier molecular flexibility index (Phi) is 4.55. The van der Waals surface area contributed by atoms with Gasteiger partial charge in [-0.2, -0.15) is 0 Å². The predicted molar refractivity (Wildman–Crippen MR) is 72.7 cm³/mol. The van der Waals surface area contributed by atoms with E-state index in [-0.39, 0.29) is 24.2 Å². The smallest absolute Gasteiger partial charge is 0.309 e. The Labute approximate surface area is 113 Å². The number of anilines is 1.